The van der Waals surface area contributed by atoms with Crippen LogP contribution >= 0.6 is 0 Å². The molecule has 1 aliphatic heterocycles. The number of benzene rings is 2. The van der Waals surface area contributed by atoms with Crippen LogP contribution in [0.15, 0.2) is 59.7 Å². The molecule has 0 radical (unpaired) electrons. The Morgan fingerprint density at radius 2 is 1.88 bits per heavy atom. The number of rotatable bonds is 4. The third-order valence-corrected chi connectivity index (χ3v) is 3.82. The zero-order valence-corrected chi connectivity index (χ0v) is 12.9. The van der Waals surface area contributed by atoms with E-state index < -0.39 is 5.92 Å². The predicted molar refractivity (Wildman–Crippen MR) is 89.0 cm³/mol. The molecule has 1 heterocycles. The Balaban J connectivity index is 1.59. The lowest BCUT2D eigenvalue weighted by Crippen LogP contribution is -2.30. The number of nitrogens with zero attached hydrogens (tertiary/aromatic N) is 2. The van der Waals surface area contributed by atoms with Crippen LogP contribution in [0.4, 0.5) is 10.1 Å². The Kier molecular flexibility index (Phi) is 4.65. The van der Waals surface area contributed by atoms with Gasteiger partial charge in [-0.05, 0) is 29.8 Å². The van der Waals surface area contributed by atoms with Crippen molar-refractivity contribution in [2.45, 2.75) is 6.42 Å². The zero-order valence-electron chi connectivity index (χ0n) is 12.9. The maximum absolute atomic E-state index is 13.0. The van der Waals surface area contributed by atoms with Gasteiger partial charge in [0.25, 0.3) is 0 Å². The van der Waals surface area contributed by atoms with Crippen LogP contribution in [0.3, 0.4) is 0 Å². The molecule has 5 nitrogen and oxygen atoms in total. The highest BCUT2D eigenvalue weighted by Gasteiger charge is 2.35. The van der Waals surface area contributed by atoms with Crippen molar-refractivity contribution in [1.29, 1.82) is 0 Å². The van der Waals surface area contributed by atoms with Crippen LogP contribution in [-0.2, 0) is 9.59 Å². The van der Waals surface area contributed by atoms with Crippen molar-refractivity contribution in [2.75, 3.05) is 11.4 Å². The van der Waals surface area contributed by atoms with Crippen molar-refractivity contribution in [3.63, 3.8) is 0 Å². The lowest BCUT2D eigenvalue weighted by atomic mass is 10.1. The number of hydrazone groups is 1. The third kappa shape index (κ3) is 3.65. The maximum Gasteiger partial charge on any atom is 0.245 e. The van der Waals surface area contributed by atoms with E-state index in [0.717, 1.165) is 5.56 Å². The van der Waals surface area contributed by atoms with Crippen molar-refractivity contribution in [1.82, 2.24) is 5.43 Å². The fourth-order valence-corrected chi connectivity index (χ4v) is 2.55. The fourth-order valence-electron chi connectivity index (χ4n) is 2.55. The summed E-state index contributed by atoms with van der Waals surface area (Å²) in [7, 11) is 0. The molecule has 122 valence electrons. The Morgan fingerprint density at radius 1 is 1.17 bits per heavy atom. The minimum Gasteiger partial charge on any atom is -0.312 e. The summed E-state index contributed by atoms with van der Waals surface area (Å²) in [5, 5.41) is 3.92. The summed E-state index contributed by atoms with van der Waals surface area (Å²) in [6.45, 7) is 0.261. The summed E-state index contributed by atoms with van der Waals surface area (Å²) < 4.78 is 13.0. The third-order valence-electron chi connectivity index (χ3n) is 3.82. The van der Waals surface area contributed by atoms with Gasteiger partial charge < -0.3 is 4.90 Å². The molecule has 24 heavy (non-hydrogen) atoms. The van der Waals surface area contributed by atoms with Crippen LogP contribution in [0.2, 0.25) is 0 Å². The molecule has 1 atom stereocenters. The molecule has 0 spiro atoms. The predicted octanol–water partition coefficient (Wildman–Crippen LogP) is 2.33. The summed E-state index contributed by atoms with van der Waals surface area (Å²) in [5.74, 6) is -1.31. The molecule has 1 aliphatic rings. The quantitative estimate of drug-likeness (QED) is 0.693. The van der Waals surface area contributed by atoms with Gasteiger partial charge >= 0.3 is 0 Å². The number of halogens is 1. The van der Waals surface area contributed by atoms with Crippen molar-refractivity contribution in [3.05, 3.63) is 66.0 Å². The first-order valence-corrected chi connectivity index (χ1v) is 7.57. The molecule has 2 aromatic rings. The molecule has 2 amide bonds. The van der Waals surface area contributed by atoms with Gasteiger partial charge in [-0.3, -0.25) is 9.59 Å². The van der Waals surface area contributed by atoms with Crippen molar-refractivity contribution < 1.29 is 14.0 Å². The van der Waals surface area contributed by atoms with E-state index in [0.29, 0.717) is 5.69 Å². The van der Waals surface area contributed by atoms with E-state index in [2.05, 4.69) is 10.5 Å². The molecule has 6 heteroatoms. The summed E-state index contributed by atoms with van der Waals surface area (Å²) in [5.41, 5.74) is 3.92. The van der Waals surface area contributed by atoms with Gasteiger partial charge in [0.2, 0.25) is 11.8 Å². The molecule has 2 aromatic carbocycles. The topological polar surface area (TPSA) is 61.8 Å². The number of hydrogen-bond donors (Lipinski definition) is 1. The number of carbonyl (C=O) groups is 2. The first-order chi connectivity index (χ1) is 11.6. The minimum absolute atomic E-state index is 0.115. The molecular formula is C18H16FN3O2. The highest BCUT2D eigenvalue weighted by atomic mass is 19.1. The molecule has 0 aromatic heterocycles. The number of anilines is 1. The fraction of sp³-hybridized carbons (Fsp3) is 0.167. The highest BCUT2D eigenvalue weighted by Crippen LogP contribution is 2.25. The lowest BCUT2D eigenvalue weighted by Gasteiger charge is -2.16. The highest BCUT2D eigenvalue weighted by molar-refractivity contribution is 6.00. The van der Waals surface area contributed by atoms with E-state index in [9.17, 15) is 14.0 Å². The average Bonchev–Trinajstić information content (AvgIpc) is 2.98. The monoisotopic (exact) mass is 325 g/mol. The van der Waals surface area contributed by atoms with E-state index in [1.165, 1.54) is 29.2 Å². The SMILES string of the molecule is O=C(N/N=C\c1ccccc1)[C@H]1CC(=O)N(c2ccc(F)cc2)C1. The second-order valence-corrected chi connectivity index (χ2v) is 5.53. The second-order valence-electron chi connectivity index (χ2n) is 5.53. The largest absolute Gasteiger partial charge is 0.312 e. The van der Waals surface area contributed by atoms with Gasteiger partial charge in [0.1, 0.15) is 5.82 Å². The number of amides is 2. The van der Waals surface area contributed by atoms with E-state index in [-0.39, 0.29) is 30.6 Å². The maximum atomic E-state index is 13.0. The first-order valence-electron chi connectivity index (χ1n) is 7.57. The van der Waals surface area contributed by atoms with Crippen LogP contribution in [0, 0.1) is 11.7 Å². The second kappa shape index (κ2) is 7.04. The summed E-state index contributed by atoms with van der Waals surface area (Å²) in [6, 6.07) is 15.0. The normalized spacial score (nSPS) is 17.5. The van der Waals surface area contributed by atoms with Gasteiger partial charge in [0.15, 0.2) is 0 Å². The number of hydrogen-bond acceptors (Lipinski definition) is 3. The van der Waals surface area contributed by atoms with E-state index in [1.807, 2.05) is 30.3 Å². The van der Waals surface area contributed by atoms with E-state index in [1.54, 1.807) is 6.21 Å². The molecule has 0 saturated carbocycles. The van der Waals surface area contributed by atoms with Crippen LogP contribution in [0.25, 0.3) is 0 Å². The average molecular weight is 325 g/mol. The van der Waals surface area contributed by atoms with Gasteiger partial charge in [0.05, 0.1) is 12.1 Å². The molecule has 1 N–H and O–H groups in total. The lowest BCUT2D eigenvalue weighted by molar-refractivity contribution is -0.126. The Morgan fingerprint density at radius 3 is 2.58 bits per heavy atom. The number of nitrogens with one attached hydrogen (secondary N) is 1. The van der Waals surface area contributed by atoms with Crippen LogP contribution in [-0.4, -0.2) is 24.6 Å². The Labute approximate surface area is 138 Å². The summed E-state index contributed by atoms with van der Waals surface area (Å²) in [4.78, 5) is 25.7. The summed E-state index contributed by atoms with van der Waals surface area (Å²) >= 11 is 0. The van der Waals surface area contributed by atoms with Gasteiger partial charge in [-0.25, -0.2) is 9.82 Å². The standard InChI is InChI=1S/C18H16FN3O2/c19-15-6-8-16(9-7-15)22-12-14(10-17(22)23)18(24)21-20-11-13-4-2-1-3-5-13/h1-9,11,14H,10,12H2,(H,21,24)/b20-11-/t14-/m0/s1. The smallest absolute Gasteiger partial charge is 0.245 e. The minimum atomic E-state index is -0.476. The zero-order chi connectivity index (χ0) is 16.9. The summed E-state index contributed by atoms with van der Waals surface area (Å²) in [6.07, 6.45) is 1.66. The van der Waals surface area contributed by atoms with Crippen LogP contribution in [0.5, 0.6) is 0 Å². The van der Waals surface area contributed by atoms with E-state index in [4.69, 9.17) is 0 Å². The van der Waals surface area contributed by atoms with Gasteiger partial charge in [-0.1, -0.05) is 30.3 Å². The van der Waals surface area contributed by atoms with Gasteiger partial charge in [0, 0.05) is 18.7 Å². The molecule has 0 aliphatic carbocycles. The van der Waals surface area contributed by atoms with Crippen LogP contribution < -0.4 is 10.3 Å². The van der Waals surface area contributed by atoms with Gasteiger partial charge in [-0.15, -0.1) is 0 Å². The molecular weight excluding hydrogens is 309 g/mol. The Bertz CT molecular complexity index is 760. The van der Waals surface area contributed by atoms with Gasteiger partial charge in [-0.2, -0.15) is 5.10 Å². The first kappa shape index (κ1) is 15.9. The van der Waals surface area contributed by atoms with Crippen molar-refractivity contribution >= 4 is 23.7 Å². The van der Waals surface area contributed by atoms with Crippen molar-refractivity contribution in [3.8, 4) is 0 Å². The van der Waals surface area contributed by atoms with Crippen LogP contribution in [0.1, 0.15) is 12.0 Å². The van der Waals surface area contributed by atoms with E-state index >= 15 is 0 Å². The molecule has 0 bridgehead atoms. The van der Waals surface area contributed by atoms with Crippen molar-refractivity contribution in [2.24, 2.45) is 11.0 Å². The Hall–Kier alpha value is -3.02. The molecule has 1 saturated heterocycles. The molecule has 3 rings (SSSR count). The molecule has 1 fully saturated rings. The number of carbonyl (C=O) groups excluding carboxylic acids is 2. The molecule has 0 unspecified atom stereocenters.